The zero-order valence-corrected chi connectivity index (χ0v) is 8.67. The Kier molecular flexibility index (Phi) is 3.47. The molecule has 1 atom stereocenters. The van der Waals surface area contributed by atoms with Crippen molar-refractivity contribution >= 4 is 0 Å². The van der Waals surface area contributed by atoms with Gasteiger partial charge in [0.15, 0.2) is 11.6 Å². The molecule has 0 fully saturated rings. The van der Waals surface area contributed by atoms with Gasteiger partial charge in [0.05, 0.1) is 13.2 Å². The minimum Gasteiger partial charge on any atom is -0.494 e. The van der Waals surface area contributed by atoms with Crippen molar-refractivity contribution in [3.63, 3.8) is 0 Å². The molecule has 1 N–H and O–H groups in total. The Hall–Kier alpha value is -1.09. The first-order chi connectivity index (χ1) is 6.60. The Bertz CT molecular complexity index is 321. The molecular formula is C11H15FO2. The summed E-state index contributed by atoms with van der Waals surface area (Å²) in [7, 11) is 1.42. The highest BCUT2D eigenvalue weighted by atomic mass is 19.1. The highest BCUT2D eigenvalue weighted by molar-refractivity contribution is 5.37. The number of ether oxygens (including phenoxy) is 1. The van der Waals surface area contributed by atoms with E-state index in [0.717, 1.165) is 12.0 Å². The Morgan fingerprint density at radius 1 is 1.50 bits per heavy atom. The molecule has 0 radical (unpaired) electrons. The average Bonchev–Trinajstić information content (AvgIpc) is 2.17. The molecule has 0 bridgehead atoms. The number of benzene rings is 1. The van der Waals surface area contributed by atoms with E-state index >= 15 is 0 Å². The van der Waals surface area contributed by atoms with Gasteiger partial charge in [-0.1, -0.05) is 13.0 Å². The van der Waals surface area contributed by atoms with Crippen LogP contribution in [0.5, 0.6) is 5.75 Å². The topological polar surface area (TPSA) is 29.5 Å². The first kappa shape index (κ1) is 11.0. The van der Waals surface area contributed by atoms with E-state index in [1.165, 1.54) is 14.0 Å². The molecule has 78 valence electrons. The van der Waals surface area contributed by atoms with Crippen molar-refractivity contribution in [1.29, 1.82) is 0 Å². The number of aryl methyl sites for hydroxylation is 1. The van der Waals surface area contributed by atoms with E-state index in [-0.39, 0.29) is 5.75 Å². The van der Waals surface area contributed by atoms with Crippen LogP contribution in [0.4, 0.5) is 4.39 Å². The molecule has 0 saturated heterocycles. The lowest BCUT2D eigenvalue weighted by Gasteiger charge is -2.12. The van der Waals surface area contributed by atoms with Gasteiger partial charge in [-0.3, -0.25) is 0 Å². The van der Waals surface area contributed by atoms with Crippen LogP contribution in [0, 0.1) is 5.82 Å². The third-order valence-corrected chi connectivity index (χ3v) is 2.21. The van der Waals surface area contributed by atoms with E-state index in [2.05, 4.69) is 0 Å². The highest BCUT2D eigenvalue weighted by Gasteiger charge is 2.14. The Morgan fingerprint density at radius 3 is 2.57 bits per heavy atom. The highest BCUT2D eigenvalue weighted by Crippen LogP contribution is 2.27. The van der Waals surface area contributed by atoms with Crippen LogP contribution in [0.15, 0.2) is 12.1 Å². The molecule has 0 heterocycles. The maximum Gasteiger partial charge on any atom is 0.170 e. The molecule has 0 spiro atoms. The number of rotatable bonds is 3. The standard InChI is InChI=1S/C11H15FO2/c1-4-8-5-9(7(2)13)11(12)10(6-8)14-3/h5-7,13H,4H2,1-3H3. The minimum absolute atomic E-state index is 0.195. The van der Waals surface area contributed by atoms with Gasteiger partial charge in [0.25, 0.3) is 0 Å². The van der Waals surface area contributed by atoms with Crippen LogP contribution in [0.25, 0.3) is 0 Å². The van der Waals surface area contributed by atoms with E-state index in [1.807, 2.05) is 6.92 Å². The molecule has 1 rings (SSSR count). The lowest BCUT2D eigenvalue weighted by Crippen LogP contribution is -2.00. The molecule has 1 unspecified atom stereocenters. The van der Waals surface area contributed by atoms with Crippen LogP contribution in [0.1, 0.15) is 31.1 Å². The zero-order chi connectivity index (χ0) is 10.7. The molecule has 0 amide bonds. The van der Waals surface area contributed by atoms with E-state index < -0.39 is 11.9 Å². The van der Waals surface area contributed by atoms with E-state index in [9.17, 15) is 9.50 Å². The van der Waals surface area contributed by atoms with Crippen LogP contribution in [0.3, 0.4) is 0 Å². The fourth-order valence-electron chi connectivity index (χ4n) is 1.34. The van der Waals surface area contributed by atoms with Crippen molar-refractivity contribution in [3.05, 3.63) is 29.1 Å². The fourth-order valence-corrected chi connectivity index (χ4v) is 1.34. The molecule has 14 heavy (non-hydrogen) atoms. The number of aliphatic hydroxyl groups excluding tert-OH is 1. The van der Waals surface area contributed by atoms with Crippen LogP contribution >= 0.6 is 0 Å². The fraction of sp³-hybridized carbons (Fsp3) is 0.455. The van der Waals surface area contributed by atoms with Crippen molar-refractivity contribution in [2.45, 2.75) is 26.4 Å². The van der Waals surface area contributed by atoms with E-state index in [0.29, 0.717) is 5.56 Å². The number of methoxy groups -OCH3 is 1. The van der Waals surface area contributed by atoms with Crippen LogP contribution in [0.2, 0.25) is 0 Å². The maximum atomic E-state index is 13.6. The zero-order valence-electron chi connectivity index (χ0n) is 8.67. The summed E-state index contributed by atoms with van der Waals surface area (Å²) in [4.78, 5) is 0. The quantitative estimate of drug-likeness (QED) is 0.808. The van der Waals surface area contributed by atoms with Gasteiger partial charge in [0.2, 0.25) is 0 Å². The number of aliphatic hydroxyl groups is 1. The van der Waals surface area contributed by atoms with Crippen molar-refractivity contribution in [2.75, 3.05) is 7.11 Å². The Labute approximate surface area is 83.3 Å². The lowest BCUT2D eigenvalue weighted by atomic mass is 10.0. The lowest BCUT2D eigenvalue weighted by molar-refractivity contribution is 0.192. The van der Waals surface area contributed by atoms with E-state index in [1.54, 1.807) is 12.1 Å². The second kappa shape index (κ2) is 4.42. The molecule has 0 saturated carbocycles. The first-order valence-electron chi connectivity index (χ1n) is 4.64. The molecule has 1 aromatic carbocycles. The summed E-state index contributed by atoms with van der Waals surface area (Å²) in [5, 5.41) is 9.35. The molecule has 3 heteroatoms. The Morgan fingerprint density at radius 2 is 2.14 bits per heavy atom. The summed E-state index contributed by atoms with van der Waals surface area (Å²) in [6.07, 6.45) is -0.0218. The van der Waals surface area contributed by atoms with Gasteiger partial charge in [-0.15, -0.1) is 0 Å². The number of halogens is 1. The summed E-state index contributed by atoms with van der Waals surface area (Å²) in [5.41, 5.74) is 1.25. The summed E-state index contributed by atoms with van der Waals surface area (Å²) in [6, 6.07) is 3.32. The van der Waals surface area contributed by atoms with E-state index in [4.69, 9.17) is 4.74 Å². The van der Waals surface area contributed by atoms with Gasteiger partial charge in [0.1, 0.15) is 0 Å². The van der Waals surface area contributed by atoms with Crippen LogP contribution in [-0.2, 0) is 6.42 Å². The van der Waals surface area contributed by atoms with Gasteiger partial charge in [0, 0.05) is 5.56 Å². The van der Waals surface area contributed by atoms with Gasteiger partial charge in [-0.05, 0) is 25.0 Å². The second-order valence-electron chi connectivity index (χ2n) is 3.23. The predicted molar refractivity (Wildman–Crippen MR) is 53.0 cm³/mol. The second-order valence-corrected chi connectivity index (χ2v) is 3.23. The smallest absolute Gasteiger partial charge is 0.170 e. The largest absolute Gasteiger partial charge is 0.494 e. The predicted octanol–water partition coefficient (Wildman–Crippen LogP) is 2.45. The average molecular weight is 198 g/mol. The summed E-state index contributed by atoms with van der Waals surface area (Å²) >= 11 is 0. The molecule has 2 nitrogen and oxygen atoms in total. The van der Waals surface area contributed by atoms with Gasteiger partial charge in [-0.25, -0.2) is 4.39 Å². The van der Waals surface area contributed by atoms with Gasteiger partial charge < -0.3 is 9.84 Å². The number of hydrogen-bond acceptors (Lipinski definition) is 2. The minimum atomic E-state index is -0.810. The van der Waals surface area contributed by atoms with Crippen molar-refractivity contribution in [2.24, 2.45) is 0 Å². The van der Waals surface area contributed by atoms with Crippen LogP contribution in [-0.4, -0.2) is 12.2 Å². The number of hydrogen-bond donors (Lipinski definition) is 1. The van der Waals surface area contributed by atoms with Gasteiger partial charge in [-0.2, -0.15) is 0 Å². The Balaban J connectivity index is 3.27. The summed E-state index contributed by atoms with van der Waals surface area (Å²) in [6.45, 7) is 3.51. The molecule has 1 aromatic rings. The molecule has 0 aliphatic rings. The van der Waals surface area contributed by atoms with Crippen molar-refractivity contribution in [1.82, 2.24) is 0 Å². The monoisotopic (exact) mass is 198 g/mol. The summed E-state index contributed by atoms with van der Waals surface area (Å²) < 4.78 is 18.4. The first-order valence-corrected chi connectivity index (χ1v) is 4.64. The summed E-state index contributed by atoms with van der Waals surface area (Å²) in [5.74, 6) is -0.278. The molecular weight excluding hydrogens is 183 g/mol. The maximum absolute atomic E-state index is 13.6. The van der Waals surface area contributed by atoms with Crippen molar-refractivity contribution < 1.29 is 14.2 Å². The SMILES string of the molecule is CCc1cc(OC)c(F)c(C(C)O)c1. The molecule has 0 aliphatic heterocycles. The van der Waals surface area contributed by atoms with Crippen LogP contribution < -0.4 is 4.74 Å². The third-order valence-electron chi connectivity index (χ3n) is 2.21. The normalized spacial score (nSPS) is 12.6. The molecule has 0 aromatic heterocycles. The third kappa shape index (κ3) is 2.04. The van der Waals surface area contributed by atoms with Gasteiger partial charge >= 0.3 is 0 Å². The molecule has 0 aliphatic carbocycles. The van der Waals surface area contributed by atoms with Crippen molar-refractivity contribution in [3.8, 4) is 5.75 Å².